The van der Waals surface area contributed by atoms with E-state index >= 15 is 0 Å². The van der Waals surface area contributed by atoms with Crippen molar-refractivity contribution in [3.63, 3.8) is 0 Å². The molecule has 1 aliphatic carbocycles. The fourth-order valence-electron chi connectivity index (χ4n) is 2.91. The van der Waals surface area contributed by atoms with Gasteiger partial charge in [0.2, 0.25) is 0 Å². The van der Waals surface area contributed by atoms with Gasteiger partial charge in [-0.1, -0.05) is 36.6 Å². The lowest BCUT2D eigenvalue weighted by Crippen LogP contribution is -2.34. The normalized spacial score (nSPS) is 16.4. The number of aryl methyl sites for hydroxylation is 2. The molecule has 2 rings (SSSR count). The van der Waals surface area contributed by atoms with Gasteiger partial charge in [-0.3, -0.25) is 9.69 Å². The van der Waals surface area contributed by atoms with Crippen molar-refractivity contribution in [2.24, 2.45) is 0 Å². The quantitative estimate of drug-likeness (QED) is 0.758. The van der Waals surface area contributed by atoms with Crippen LogP contribution in [-0.2, 0) is 0 Å². The van der Waals surface area contributed by atoms with Crippen molar-refractivity contribution in [3.05, 3.63) is 34.9 Å². The molecule has 0 unspecified atom stereocenters. The largest absolute Gasteiger partial charge is 0.296 e. The van der Waals surface area contributed by atoms with E-state index in [4.69, 9.17) is 0 Å². The molecule has 1 aliphatic rings. The zero-order valence-corrected chi connectivity index (χ0v) is 11.7. The van der Waals surface area contributed by atoms with Gasteiger partial charge in [-0.25, -0.2) is 0 Å². The number of carbonyl (C=O) groups is 1. The zero-order valence-electron chi connectivity index (χ0n) is 11.7. The highest BCUT2D eigenvalue weighted by Crippen LogP contribution is 2.22. The fourth-order valence-corrected chi connectivity index (χ4v) is 2.91. The van der Waals surface area contributed by atoms with Crippen LogP contribution in [0.1, 0.15) is 47.2 Å². The van der Waals surface area contributed by atoms with Crippen molar-refractivity contribution in [3.8, 4) is 0 Å². The molecule has 0 bridgehead atoms. The summed E-state index contributed by atoms with van der Waals surface area (Å²) in [5.41, 5.74) is 3.19. The van der Waals surface area contributed by atoms with Crippen LogP contribution >= 0.6 is 0 Å². The van der Waals surface area contributed by atoms with E-state index in [2.05, 4.69) is 24.9 Å². The van der Waals surface area contributed by atoms with Crippen molar-refractivity contribution in [1.29, 1.82) is 0 Å². The number of hydrogen-bond donors (Lipinski definition) is 0. The first kappa shape index (κ1) is 13.3. The van der Waals surface area contributed by atoms with Gasteiger partial charge in [0.15, 0.2) is 5.78 Å². The van der Waals surface area contributed by atoms with Crippen molar-refractivity contribution < 1.29 is 4.79 Å². The Bertz CT molecular complexity index is 433. The first-order chi connectivity index (χ1) is 8.58. The Kier molecular flexibility index (Phi) is 4.18. The van der Waals surface area contributed by atoms with Gasteiger partial charge < -0.3 is 0 Å². The zero-order chi connectivity index (χ0) is 13.1. The van der Waals surface area contributed by atoms with E-state index in [1.165, 1.54) is 31.2 Å². The van der Waals surface area contributed by atoms with Gasteiger partial charge >= 0.3 is 0 Å². The number of carbonyl (C=O) groups excluding carboxylic acids is 1. The Morgan fingerprint density at radius 3 is 2.56 bits per heavy atom. The Morgan fingerprint density at radius 2 is 1.94 bits per heavy atom. The van der Waals surface area contributed by atoms with Crippen LogP contribution in [0.25, 0.3) is 0 Å². The molecule has 0 saturated heterocycles. The first-order valence-electron chi connectivity index (χ1n) is 6.88. The predicted octanol–water partition coefficient (Wildman–Crippen LogP) is 3.36. The fraction of sp³-hybridized carbons (Fsp3) is 0.562. The molecule has 18 heavy (non-hydrogen) atoms. The maximum Gasteiger partial charge on any atom is 0.177 e. The molecule has 0 aliphatic heterocycles. The molecule has 0 atom stereocenters. The second-order valence-electron chi connectivity index (χ2n) is 5.59. The molecule has 0 amide bonds. The third-order valence-electron chi connectivity index (χ3n) is 4.02. The minimum absolute atomic E-state index is 0.252. The molecule has 1 saturated carbocycles. The van der Waals surface area contributed by atoms with E-state index in [9.17, 15) is 4.79 Å². The number of hydrogen-bond acceptors (Lipinski definition) is 2. The Labute approximate surface area is 110 Å². The summed E-state index contributed by atoms with van der Waals surface area (Å²) in [7, 11) is 2.08. The van der Waals surface area contributed by atoms with Crippen molar-refractivity contribution in [2.75, 3.05) is 13.6 Å². The average Bonchev–Trinajstić information content (AvgIpc) is 2.81. The molecule has 1 aromatic carbocycles. The SMILES string of the molecule is Cc1ccc(C(=O)CN(C)C2CCCC2)c(C)c1. The lowest BCUT2D eigenvalue weighted by Gasteiger charge is -2.23. The Morgan fingerprint density at radius 1 is 1.28 bits per heavy atom. The summed E-state index contributed by atoms with van der Waals surface area (Å²) >= 11 is 0. The number of likely N-dealkylation sites (N-methyl/N-ethyl adjacent to an activating group) is 1. The molecule has 98 valence electrons. The van der Waals surface area contributed by atoms with Gasteiger partial charge in [0, 0.05) is 11.6 Å². The summed E-state index contributed by atoms with van der Waals surface area (Å²) in [6.45, 7) is 4.64. The van der Waals surface area contributed by atoms with E-state index in [1.54, 1.807) is 0 Å². The molecule has 0 spiro atoms. The van der Waals surface area contributed by atoms with Crippen LogP contribution in [-0.4, -0.2) is 30.3 Å². The van der Waals surface area contributed by atoms with E-state index in [0.717, 1.165) is 11.1 Å². The Balaban J connectivity index is 2.02. The summed E-state index contributed by atoms with van der Waals surface area (Å²) < 4.78 is 0. The number of benzene rings is 1. The van der Waals surface area contributed by atoms with Gasteiger partial charge in [-0.15, -0.1) is 0 Å². The molecule has 2 heteroatoms. The second kappa shape index (κ2) is 5.66. The molecule has 0 heterocycles. The molecular formula is C16H23NO. The summed E-state index contributed by atoms with van der Waals surface area (Å²) in [4.78, 5) is 14.5. The number of rotatable bonds is 4. The highest BCUT2D eigenvalue weighted by Gasteiger charge is 2.22. The van der Waals surface area contributed by atoms with Crippen molar-refractivity contribution >= 4 is 5.78 Å². The van der Waals surface area contributed by atoms with Crippen LogP contribution < -0.4 is 0 Å². The van der Waals surface area contributed by atoms with Crippen molar-refractivity contribution in [2.45, 2.75) is 45.6 Å². The molecule has 1 fully saturated rings. The monoisotopic (exact) mass is 245 g/mol. The van der Waals surface area contributed by atoms with E-state index in [-0.39, 0.29) is 5.78 Å². The highest BCUT2D eigenvalue weighted by atomic mass is 16.1. The first-order valence-corrected chi connectivity index (χ1v) is 6.88. The van der Waals surface area contributed by atoms with Crippen LogP contribution in [0.3, 0.4) is 0 Å². The van der Waals surface area contributed by atoms with E-state index < -0.39 is 0 Å². The molecule has 1 aromatic rings. The maximum atomic E-state index is 12.3. The molecule has 2 nitrogen and oxygen atoms in total. The van der Waals surface area contributed by atoms with Crippen LogP contribution in [0, 0.1) is 13.8 Å². The van der Waals surface area contributed by atoms with Gasteiger partial charge in [-0.05, 0) is 39.3 Å². The van der Waals surface area contributed by atoms with Gasteiger partial charge in [0.1, 0.15) is 0 Å². The van der Waals surface area contributed by atoms with Gasteiger partial charge in [0.25, 0.3) is 0 Å². The predicted molar refractivity (Wildman–Crippen MR) is 75.1 cm³/mol. The topological polar surface area (TPSA) is 20.3 Å². The van der Waals surface area contributed by atoms with Gasteiger partial charge in [0.05, 0.1) is 6.54 Å². The second-order valence-corrected chi connectivity index (χ2v) is 5.59. The van der Waals surface area contributed by atoms with Gasteiger partial charge in [-0.2, -0.15) is 0 Å². The highest BCUT2D eigenvalue weighted by molar-refractivity contribution is 5.98. The van der Waals surface area contributed by atoms with Crippen LogP contribution in [0.2, 0.25) is 0 Å². The minimum Gasteiger partial charge on any atom is -0.296 e. The van der Waals surface area contributed by atoms with Crippen LogP contribution in [0.15, 0.2) is 18.2 Å². The summed E-state index contributed by atoms with van der Waals surface area (Å²) in [6, 6.07) is 6.69. The smallest absolute Gasteiger partial charge is 0.177 e. The van der Waals surface area contributed by atoms with Crippen LogP contribution in [0.4, 0.5) is 0 Å². The Hall–Kier alpha value is -1.15. The lowest BCUT2D eigenvalue weighted by atomic mass is 10.0. The third-order valence-corrected chi connectivity index (χ3v) is 4.02. The summed E-state index contributed by atoms with van der Waals surface area (Å²) in [5.74, 6) is 0.252. The number of nitrogens with zero attached hydrogens (tertiary/aromatic N) is 1. The minimum atomic E-state index is 0.252. The van der Waals surface area contributed by atoms with E-state index in [1.807, 2.05) is 19.1 Å². The third kappa shape index (κ3) is 2.99. The molecule has 0 radical (unpaired) electrons. The summed E-state index contributed by atoms with van der Waals surface area (Å²) in [5, 5.41) is 0. The van der Waals surface area contributed by atoms with Crippen LogP contribution in [0.5, 0.6) is 0 Å². The summed E-state index contributed by atoms with van der Waals surface area (Å²) in [6.07, 6.45) is 5.12. The van der Waals surface area contributed by atoms with Crippen molar-refractivity contribution in [1.82, 2.24) is 4.90 Å². The maximum absolute atomic E-state index is 12.3. The number of ketones is 1. The molecular weight excluding hydrogens is 222 g/mol. The number of Topliss-reactive ketones (excluding diaryl/α,β-unsaturated/α-hetero) is 1. The molecule has 0 aromatic heterocycles. The average molecular weight is 245 g/mol. The van der Waals surface area contributed by atoms with E-state index in [0.29, 0.717) is 12.6 Å². The standard InChI is InChI=1S/C16H23NO/c1-12-8-9-15(13(2)10-12)16(18)11-17(3)14-6-4-5-7-14/h8-10,14H,4-7,11H2,1-3H3. The molecule has 0 N–H and O–H groups in total. The lowest BCUT2D eigenvalue weighted by molar-refractivity contribution is 0.0920.